The molecule has 0 aliphatic heterocycles. The maximum atomic E-state index is 13.2. The molecule has 1 amide bonds. The Morgan fingerprint density at radius 1 is 0.976 bits per heavy atom. The van der Waals surface area contributed by atoms with Gasteiger partial charge in [-0.2, -0.15) is 5.26 Å². The van der Waals surface area contributed by atoms with Crippen LogP contribution >= 0.6 is 0 Å². The van der Waals surface area contributed by atoms with Crippen LogP contribution in [0.3, 0.4) is 0 Å². The van der Waals surface area contributed by atoms with Gasteiger partial charge in [0, 0.05) is 49.4 Å². The van der Waals surface area contributed by atoms with Crippen molar-refractivity contribution in [2.75, 3.05) is 24.6 Å². The molecule has 220 valence electrons. The Morgan fingerprint density at radius 3 is 2.22 bits per heavy atom. The summed E-state index contributed by atoms with van der Waals surface area (Å²) in [7, 11) is 1.98. The van der Waals surface area contributed by atoms with Crippen LogP contribution in [0.4, 0.5) is 5.69 Å². The fourth-order valence-electron chi connectivity index (χ4n) is 5.15. The predicted molar refractivity (Wildman–Crippen MR) is 172 cm³/mol. The molecule has 6 heteroatoms. The molecule has 0 saturated carbocycles. The molecule has 41 heavy (non-hydrogen) atoms. The molecule has 1 N–H and O–H groups in total. The number of benzene rings is 2. The molecule has 0 spiro atoms. The second-order valence-electron chi connectivity index (χ2n) is 12.6. The van der Waals surface area contributed by atoms with E-state index in [2.05, 4.69) is 77.2 Å². The Balaban J connectivity index is 1.85. The number of ether oxygens (including phenoxy) is 1. The van der Waals surface area contributed by atoms with Crippen molar-refractivity contribution in [3.63, 3.8) is 0 Å². The second kappa shape index (κ2) is 13.4. The highest BCUT2D eigenvalue weighted by Gasteiger charge is 2.25. The Bertz CT molecular complexity index is 1430. The van der Waals surface area contributed by atoms with Crippen molar-refractivity contribution >= 4 is 27.9 Å². The monoisotopic (exact) mass is 556 g/mol. The third-order valence-corrected chi connectivity index (χ3v) is 7.41. The van der Waals surface area contributed by atoms with Crippen molar-refractivity contribution in [2.24, 2.45) is 7.05 Å². The lowest BCUT2D eigenvalue weighted by Gasteiger charge is -2.28. The lowest BCUT2D eigenvalue weighted by atomic mass is 9.99. The second-order valence-corrected chi connectivity index (χ2v) is 12.6. The summed E-state index contributed by atoms with van der Waals surface area (Å²) in [5, 5.41) is 15.4. The quantitative estimate of drug-likeness (QED) is 0.182. The zero-order chi connectivity index (χ0) is 30.4. The van der Waals surface area contributed by atoms with E-state index in [1.807, 2.05) is 54.7 Å². The topological polar surface area (TPSA) is 70.3 Å². The average molecular weight is 557 g/mol. The van der Waals surface area contributed by atoms with E-state index in [9.17, 15) is 10.1 Å². The van der Waals surface area contributed by atoms with Gasteiger partial charge in [-0.05, 0) is 113 Å². The van der Waals surface area contributed by atoms with Gasteiger partial charge >= 0.3 is 0 Å². The molecule has 2 aromatic carbocycles. The van der Waals surface area contributed by atoms with Crippen molar-refractivity contribution < 1.29 is 9.53 Å². The zero-order valence-corrected chi connectivity index (χ0v) is 26.5. The van der Waals surface area contributed by atoms with Crippen LogP contribution in [-0.4, -0.2) is 41.3 Å². The number of allylic oxidation sites excluding steroid dienone is 1. The maximum Gasteiger partial charge on any atom is 0.262 e. The summed E-state index contributed by atoms with van der Waals surface area (Å²) < 4.78 is 7.90. The summed E-state index contributed by atoms with van der Waals surface area (Å²) in [4.78, 5) is 15.7. The number of fused-ring (bicyclic) bond motifs is 1. The van der Waals surface area contributed by atoms with Gasteiger partial charge in [0.2, 0.25) is 0 Å². The van der Waals surface area contributed by atoms with Crippen LogP contribution in [0.5, 0.6) is 0 Å². The van der Waals surface area contributed by atoms with Gasteiger partial charge in [-0.1, -0.05) is 32.0 Å². The van der Waals surface area contributed by atoms with Crippen molar-refractivity contribution in [1.82, 2.24) is 9.88 Å². The average Bonchev–Trinajstić information content (AvgIpc) is 3.28. The number of hydrogen-bond acceptors (Lipinski definition) is 4. The van der Waals surface area contributed by atoms with E-state index in [-0.39, 0.29) is 17.1 Å². The summed E-state index contributed by atoms with van der Waals surface area (Å²) in [6.07, 6.45) is 2.89. The van der Waals surface area contributed by atoms with Gasteiger partial charge in [-0.25, -0.2) is 0 Å². The molecule has 0 aliphatic carbocycles. The first-order valence-corrected chi connectivity index (χ1v) is 14.8. The first kappa shape index (κ1) is 32.0. The Hall–Kier alpha value is -3.56. The highest BCUT2D eigenvalue weighted by atomic mass is 16.5. The van der Waals surface area contributed by atoms with Crippen LogP contribution in [0.15, 0.2) is 54.1 Å². The summed E-state index contributed by atoms with van der Waals surface area (Å²) in [5.74, 6) is -0.366. The molecule has 0 atom stereocenters. The van der Waals surface area contributed by atoms with Crippen LogP contribution in [-0.2, 0) is 16.6 Å². The number of rotatable bonds is 12. The molecule has 0 radical (unpaired) electrons. The summed E-state index contributed by atoms with van der Waals surface area (Å²) in [5.41, 5.74) is 4.25. The van der Waals surface area contributed by atoms with Crippen molar-refractivity contribution in [3.8, 4) is 17.3 Å². The molecular formula is C35H48N4O2. The minimum atomic E-state index is -0.515. The summed E-state index contributed by atoms with van der Waals surface area (Å²) in [6.45, 7) is 18.9. The number of nitrogens with zero attached hydrogens (tertiary/aromatic N) is 3. The lowest BCUT2D eigenvalue weighted by Crippen LogP contribution is -2.45. The molecular weight excluding hydrogens is 508 g/mol. The molecule has 3 aromatic rings. The lowest BCUT2D eigenvalue weighted by molar-refractivity contribution is -0.118. The standard InChI is InChI=1S/C35H48N4O2/c1-10-19-39(20-11-2)29-15-14-26-22-28(13-12-27(26)23-29)32-17-16-31(38(32)9)25(3)30(24-36)33(40)37-35(7,8)18-21-41-34(4,5)6/h12-17,22-23H,10-11,18-21H2,1-9H3,(H,37,40). The SMILES string of the molecule is CCCN(CCC)c1ccc2cc(-c3ccc(C(C)=C(C#N)C(=O)NC(C)(C)CCOC(C)(C)C)n3C)ccc2c1. The number of carbonyl (C=O) groups excluding carboxylic acids is 1. The van der Waals surface area contributed by atoms with Crippen LogP contribution < -0.4 is 10.2 Å². The van der Waals surface area contributed by atoms with Crippen LogP contribution in [0.2, 0.25) is 0 Å². The van der Waals surface area contributed by atoms with Gasteiger partial charge < -0.3 is 19.5 Å². The van der Waals surface area contributed by atoms with E-state index in [1.54, 1.807) is 0 Å². The third-order valence-electron chi connectivity index (χ3n) is 7.41. The molecule has 1 aromatic heterocycles. The fraction of sp³-hybridized carbons (Fsp3) is 0.486. The maximum absolute atomic E-state index is 13.2. The Morgan fingerprint density at radius 2 is 1.61 bits per heavy atom. The molecule has 0 fully saturated rings. The van der Waals surface area contributed by atoms with Crippen LogP contribution in [0.1, 0.15) is 80.3 Å². The van der Waals surface area contributed by atoms with E-state index >= 15 is 0 Å². The van der Waals surface area contributed by atoms with Gasteiger partial charge in [0.1, 0.15) is 11.6 Å². The first-order valence-electron chi connectivity index (χ1n) is 14.8. The number of carbonyl (C=O) groups is 1. The molecule has 3 rings (SSSR count). The summed E-state index contributed by atoms with van der Waals surface area (Å²) in [6, 6.07) is 19.4. The highest BCUT2D eigenvalue weighted by molar-refractivity contribution is 6.04. The van der Waals surface area contributed by atoms with E-state index in [0.717, 1.165) is 42.9 Å². The predicted octanol–water partition coefficient (Wildman–Crippen LogP) is 7.87. The van der Waals surface area contributed by atoms with E-state index in [0.29, 0.717) is 18.6 Å². The zero-order valence-electron chi connectivity index (χ0n) is 26.5. The molecule has 1 heterocycles. The van der Waals surface area contributed by atoms with Crippen molar-refractivity contribution in [3.05, 3.63) is 59.8 Å². The van der Waals surface area contributed by atoms with Gasteiger partial charge in [0.25, 0.3) is 5.91 Å². The van der Waals surface area contributed by atoms with Gasteiger partial charge in [-0.3, -0.25) is 4.79 Å². The number of anilines is 1. The summed E-state index contributed by atoms with van der Waals surface area (Å²) >= 11 is 0. The largest absolute Gasteiger partial charge is 0.376 e. The number of nitrogens with one attached hydrogen (secondary N) is 1. The van der Waals surface area contributed by atoms with Crippen LogP contribution in [0, 0.1) is 11.3 Å². The van der Waals surface area contributed by atoms with E-state index < -0.39 is 5.54 Å². The smallest absolute Gasteiger partial charge is 0.262 e. The molecule has 0 unspecified atom stereocenters. The third kappa shape index (κ3) is 8.24. The Labute approximate surface area is 247 Å². The Kier molecular flexibility index (Phi) is 10.4. The highest BCUT2D eigenvalue weighted by Crippen LogP contribution is 2.31. The van der Waals surface area contributed by atoms with Crippen molar-refractivity contribution in [2.45, 2.75) is 85.8 Å². The fourth-order valence-corrected chi connectivity index (χ4v) is 5.15. The molecule has 0 saturated heterocycles. The number of hydrogen-bond donors (Lipinski definition) is 1. The molecule has 0 bridgehead atoms. The van der Waals surface area contributed by atoms with E-state index in [4.69, 9.17) is 4.74 Å². The molecule has 6 nitrogen and oxygen atoms in total. The van der Waals surface area contributed by atoms with Gasteiger partial charge in [0.05, 0.1) is 5.60 Å². The normalized spacial score (nSPS) is 12.7. The van der Waals surface area contributed by atoms with Crippen LogP contribution in [0.25, 0.3) is 27.6 Å². The van der Waals surface area contributed by atoms with Gasteiger partial charge in [-0.15, -0.1) is 0 Å². The van der Waals surface area contributed by atoms with Gasteiger partial charge in [0.15, 0.2) is 0 Å². The minimum Gasteiger partial charge on any atom is -0.376 e. The van der Waals surface area contributed by atoms with Crippen molar-refractivity contribution in [1.29, 1.82) is 5.26 Å². The molecule has 0 aliphatic rings. The number of aromatic nitrogens is 1. The minimum absolute atomic E-state index is 0.123. The van der Waals surface area contributed by atoms with E-state index in [1.165, 1.54) is 16.5 Å². The number of amides is 1. The number of nitriles is 1. The first-order chi connectivity index (χ1) is 19.3.